The minimum absolute atomic E-state index is 0.150. The topological polar surface area (TPSA) is 51.2 Å². The number of halogens is 2. The molecule has 0 bridgehead atoms. The standard InChI is InChI=1S/C12H14BrClN2O2/c13-11-10(14)4-9(6-15-11)12(17)16-5-8-2-1-3-18-7-8/h4,6,8H,1-3,5,7H2,(H,16,17)/t8-/m1/s1. The van der Waals surface area contributed by atoms with Crippen molar-refractivity contribution in [1.82, 2.24) is 10.3 Å². The molecule has 1 saturated heterocycles. The first-order valence-electron chi connectivity index (χ1n) is 5.84. The minimum atomic E-state index is -0.150. The van der Waals surface area contributed by atoms with Gasteiger partial charge in [0.25, 0.3) is 5.91 Å². The van der Waals surface area contributed by atoms with E-state index in [9.17, 15) is 4.79 Å². The Hall–Kier alpha value is -0.650. The third kappa shape index (κ3) is 3.67. The van der Waals surface area contributed by atoms with Crippen molar-refractivity contribution in [2.45, 2.75) is 12.8 Å². The van der Waals surface area contributed by atoms with Gasteiger partial charge in [-0.05, 0) is 40.8 Å². The molecule has 1 atom stereocenters. The van der Waals surface area contributed by atoms with Crippen LogP contribution in [0, 0.1) is 5.92 Å². The van der Waals surface area contributed by atoms with Gasteiger partial charge in [0.05, 0.1) is 17.2 Å². The molecular weight excluding hydrogens is 320 g/mol. The van der Waals surface area contributed by atoms with Gasteiger partial charge in [0, 0.05) is 19.3 Å². The molecule has 1 aromatic heterocycles. The Morgan fingerprint density at radius 1 is 1.67 bits per heavy atom. The Balaban J connectivity index is 1.88. The van der Waals surface area contributed by atoms with Crippen LogP contribution in [0.5, 0.6) is 0 Å². The van der Waals surface area contributed by atoms with Crippen molar-refractivity contribution in [3.8, 4) is 0 Å². The first kappa shape index (κ1) is 13.8. The quantitative estimate of drug-likeness (QED) is 0.865. The SMILES string of the molecule is O=C(NC[C@H]1CCCOC1)c1cnc(Br)c(Cl)c1. The molecule has 1 aromatic rings. The summed E-state index contributed by atoms with van der Waals surface area (Å²) in [6, 6.07) is 1.60. The average molecular weight is 334 g/mol. The second-order valence-electron chi connectivity index (χ2n) is 4.29. The van der Waals surface area contributed by atoms with Crippen LogP contribution in [0.25, 0.3) is 0 Å². The van der Waals surface area contributed by atoms with Crippen LogP contribution >= 0.6 is 27.5 Å². The van der Waals surface area contributed by atoms with Crippen molar-refractivity contribution in [1.29, 1.82) is 0 Å². The Morgan fingerprint density at radius 2 is 2.50 bits per heavy atom. The largest absolute Gasteiger partial charge is 0.381 e. The maximum Gasteiger partial charge on any atom is 0.252 e. The first-order chi connectivity index (χ1) is 8.66. The maximum absolute atomic E-state index is 11.9. The fourth-order valence-corrected chi connectivity index (χ4v) is 2.24. The molecule has 1 amide bonds. The highest BCUT2D eigenvalue weighted by molar-refractivity contribution is 9.10. The van der Waals surface area contributed by atoms with Crippen LogP contribution in [0.4, 0.5) is 0 Å². The van der Waals surface area contributed by atoms with Gasteiger partial charge in [0.15, 0.2) is 0 Å². The lowest BCUT2D eigenvalue weighted by atomic mass is 10.0. The van der Waals surface area contributed by atoms with Gasteiger partial charge in [-0.25, -0.2) is 4.98 Å². The van der Waals surface area contributed by atoms with Gasteiger partial charge in [-0.15, -0.1) is 0 Å². The first-order valence-corrected chi connectivity index (χ1v) is 7.01. The summed E-state index contributed by atoms with van der Waals surface area (Å²) >= 11 is 9.09. The number of hydrogen-bond acceptors (Lipinski definition) is 3. The zero-order valence-corrected chi connectivity index (χ0v) is 12.1. The molecule has 1 aliphatic rings. The van der Waals surface area contributed by atoms with E-state index in [-0.39, 0.29) is 5.91 Å². The Morgan fingerprint density at radius 3 is 3.17 bits per heavy atom. The molecule has 4 nitrogen and oxygen atoms in total. The monoisotopic (exact) mass is 332 g/mol. The van der Waals surface area contributed by atoms with Crippen LogP contribution in [0.2, 0.25) is 5.02 Å². The van der Waals surface area contributed by atoms with E-state index in [1.54, 1.807) is 6.07 Å². The van der Waals surface area contributed by atoms with Crippen molar-refractivity contribution < 1.29 is 9.53 Å². The number of nitrogens with zero attached hydrogens (tertiary/aromatic N) is 1. The fourth-order valence-electron chi connectivity index (χ4n) is 1.85. The second-order valence-corrected chi connectivity index (χ2v) is 5.45. The molecule has 98 valence electrons. The molecular formula is C12H14BrClN2O2. The van der Waals surface area contributed by atoms with Crippen molar-refractivity contribution in [3.63, 3.8) is 0 Å². The van der Waals surface area contributed by atoms with Crippen molar-refractivity contribution in [2.75, 3.05) is 19.8 Å². The summed E-state index contributed by atoms with van der Waals surface area (Å²) in [4.78, 5) is 15.9. The van der Waals surface area contributed by atoms with E-state index < -0.39 is 0 Å². The van der Waals surface area contributed by atoms with E-state index in [0.717, 1.165) is 26.1 Å². The maximum atomic E-state index is 11.9. The highest BCUT2D eigenvalue weighted by atomic mass is 79.9. The van der Waals surface area contributed by atoms with Gasteiger partial charge in [0.2, 0.25) is 0 Å². The molecule has 0 spiro atoms. The highest BCUT2D eigenvalue weighted by Crippen LogP contribution is 2.20. The van der Waals surface area contributed by atoms with Crippen LogP contribution in [-0.4, -0.2) is 30.6 Å². The lowest BCUT2D eigenvalue weighted by Gasteiger charge is -2.22. The number of amides is 1. The summed E-state index contributed by atoms with van der Waals surface area (Å²) in [5, 5.41) is 3.32. The molecule has 0 aromatic carbocycles. The minimum Gasteiger partial charge on any atom is -0.381 e. The molecule has 1 aliphatic heterocycles. The van der Waals surface area contributed by atoms with Crippen molar-refractivity contribution in [3.05, 3.63) is 27.5 Å². The van der Waals surface area contributed by atoms with Crippen LogP contribution < -0.4 is 5.32 Å². The predicted octanol–water partition coefficient (Wildman–Crippen LogP) is 2.65. The van der Waals surface area contributed by atoms with Gasteiger partial charge in [-0.3, -0.25) is 4.79 Å². The van der Waals surface area contributed by atoms with Gasteiger partial charge in [0.1, 0.15) is 4.60 Å². The zero-order chi connectivity index (χ0) is 13.0. The van der Waals surface area contributed by atoms with E-state index in [2.05, 4.69) is 26.2 Å². The number of carbonyl (C=O) groups is 1. The van der Waals surface area contributed by atoms with Gasteiger partial charge in [-0.1, -0.05) is 11.6 Å². The average Bonchev–Trinajstić information content (AvgIpc) is 2.40. The summed E-state index contributed by atoms with van der Waals surface area (Å²) < 4.78 is 5.91. The summed E-state index contributed by atoms with van der Waals surface area (Å²) in [6.45, 7) is 2.18. The fraction of sp³-hybridized carbons (Fsp3) is 0.500. The van der Waals surface area contributed by atoms with E-state index in [4.69, 9.17) is 16.3 Å². The number of pyridine rings is 1. The van der Waals surface area contributed by atoms with Crippen LogP contribution in [0.3, 0.4) is 0 Å². The Labute approximate surface area is 119 Å². The van der Waals surface area contributed by atoms with E-state index >= 15 is 0 Å². The summed E-state index contributed by atoms with van der Waals surface area (Å²) in [5.74, 6) is 0.254. The predicted molar refractivity (Wildman–Crippen MR) is 72.8 cm³/mol. The molecule has 6 heteroatoms. The molecule has 0 unspecified atom stereocenters. The molecule has 2 rings (SSSR count). The lowest BCUT2D eigenvalue weighted by Crippen LogP contribution is -2.33. The molecule has 18 heavy (non-hydrogen) atoms. The number of carbonyl (C=O) groups excluding carboxylic acids is 1. The molecule has 1 fully saturated rings. The molecule has 0 saturated carbocycles. The summed E-state index contributed by atoms with van der Waals surface area (Å²) in [7, 11) is 0. The van der Waals surface area contributed by atoms with Crippen molar-refractivity contribution >= 4 is 33.4 Å². The molecule has 2 heterocycles. The van der Waals surface area contributed by atoms with Gasteiger partial charge < -0.3 is 10.1 Å². The number of ether oxygens (including phenoxy) is 1. The van der Waals surface area contributed by atoms with E-state index in [1.165, 1.54) is 6.20 Å². The second kappa shape index (κ2) is 6.50. The number of nitrogens with one attached hydrogen (secondary N) is 1. The Kier molecular flexibility index (Phi) is 4.97. The summed E-state index contributed by atoms with van der Waals surface area (Å²) in [5.41, 5.74) is 0.472. The third-order valence-electron chi connectivity index (χ3n) is 2.86. The van der Waals surface area contributed by atoms with E-state index in [1.807, 2.05) is 0 Å². The number of aromatic nitrogens is 1. The van der Waals surface area contributed by atoms with Crippen LogP contribution in [-0.2, 0) is 4.74 Å². The smallest absolute Gasteiger partial charge is 0.252 e. The third-order valence-corrected chi connectivity index (χ3v) is 4.01. The normalized spacial score (nSPS) is 19.6. The zero-order valence-electron chi connectivity index (χ0n) is 9.79. The van der Waals surface area contributed by atoms with Crippen LogP contribution in [0.15, 0.2) is 16.9 Å². The number of hydrogen-bond donors (Lipinski definition) is 1. The molecule has 0 radical (unpaired) electrons. The van der Waals surface area contributed by atoms with Gasteiger partial charge in [-0.2, -0.15) is 0 Å². The molecule has 0 aliphatic carbocycles. The highest BCUT2D eigenvalue weighted by Gasteiger charge is 2.15. The van der Waals surface area contributed by atoms with Crippen LogP contribution in [0.1, 0.15) is 23.2 Å². The summed E-state index contributed by atoms with van der Waals surface area (Å²) in [6.07, 6.45) is 3.66. The van der Waals surface area contributed by atoms with Crippen molar-refractivity contribution in [2.24, 2.45) is 5.92 Å². The lowest BCUT2D eigenvalue weighted by molar-refractivity contribution is 0.0536. The van der Waals surface area contributed by atoms with E-state index in [0.29, 0.717) is 27.7 Å². The molecule has 1 N–H and O–H groups in total. The van der Waals surface area contributed by atoms with Gasteiger partial charge >= 0.3 is 0 Å². The Bertz CT molecular complexity index is 436. The number of rotatable bonds is 3.